The van der Waals surface area contributed by atoms with Gasteiger partial charge in [-0.05, 0) is 42.5 Å². The van der Waals surface area contributed by atoms with Crippen molar-refractivity contribution in [2.45, 2.75) is 53.9 Å². The van der Waals surface area contributed by atoms with Crippen LogP contribution in [0.4, 0.5) is 10.1 Å². The van der Waals surface area contributed by atoms with Gasteiger partial charge in [0.1, 0.15) is 5.82 Å². The van der Waals surface area contributed by atoms with Crippen molar-refractivity contribution in [3.63, 3.8) is 0 Å². The van der Waals surface area contributed by atoms with Gasteiger partial charge in [-0.3, -0.25) is 4.79 Å². The Kier molecular flexibility index (Phi) is 5.73. The number of benzene rings is 1. The fraction of sp³-hybridized carbons (Fsp3) is 0.588. The summed E-state index contributed by atoms with van der Waals surface area (Å²) in [5.74, 6) is -0.121. The average Bonchev–Trinajstić information content (AvgIpc) is 2.31. The van der Waals surface area contributed by atoms with Gasteiger partial charge < -0.3 is 4.90 Å². The van der Waals surface area contributed by atoms with E-state index in [0.29, 0.717) is 18.5 Å². The minimum absolute atomic E-state index is 0.0450. The molecule has 1 aromatic rings. The lowest BCUT2D eigenvalue weighted by atomic mass is 9.91. The number of hydrogen-bond acceptors (Lipinski definition) is 1. The maximum atomic E-state index is 13.4. The van der Waals surface area contributed by atoms with Crippen LogP contribution in [0.1, 0.15) is 52.5 Å². The fourth-order valence-corrected chi connectivity index (χ4v) is 2.06. The first-order chi connectivity index (χ1) is 9.24. The standard InChI is InChI=1S/C17H26FNO/c1-6-7-10-19(16(20)12-17(3,4)5)14-8-9-15(18)13(2)11-14/h8-9,11H,6-7,10,12H2,1-5H3. The van der Waals surface area contributed by atoms with Crippen molar-refractivity contribution in [2.24, 2.45) is 5.41 Å². The first kappa shape index (κ1) is 16.7. The lowest BCUT2D eigenvalue weighted by Gasteiger charge is -2.27. The number of hydrogen-bond donors (Lipinski definition) is 0. The quantitative estimate of drug-likeness (QED) is 0.764. The number of aryl methyl sites for hydroxylation is 1. The highest BCUT2D eigenvalue weighted by molar-refractivity contribution is 5.93. The SMILES string of the molecule is CCCCN(C(=O)CC(C)(C)C)c1ccc(F)c(C)c1. The van der Waals surface area contributed by atoms with E-state index in [0.717, 1.165) is 18.5 Å². The Morgan fingerprint density at radius 2 is 1.95 bits per heavy atom. The van der Waals surface area contributed by atoms with Crippen LogP contribution >= 0.6 is 0 Å². The molecule has 112 valence electrons. The fourth-order valence-electron chi connectivity index (χ4n) is 2.06. The molecule has 0 atom stereocenters. The Morgan fingerprint density at radius 3 is 2.45 bits per heavy atom. The van der Waals surface area contributed by atoms with Crippen molar-refractivity contribution in [1.29, 1.82) is 0 Å². The molecule has 2 nitrogen and oxygen atoms in total. The molecule has 1 rings (SSSR count). The Labute approximate surface area is 122 Å². The van der Waals surface area contributed by atoms with Crippen molar-refractivity contribution >= 4 is 11.6 Å². The average molecular weight is 279 g/mol. The van der Waals surface area contributed by atoms with E-state index >= 15 is 0 Å². The van der Waals surface area contributed by atoms with Crippen molar-refractivity contribution in [1.82, 2.24) is 0 Å². The molecule has 0 N–H and O–H groups in total. The third kappa shape index (κ3) is 4.95. The second-order valence-electron chi connectivity index (χ2n) is 6.57. The van der Waals surface area contributed by atoms with E-state index in [1.165, 1.54) is 6.07 Å². The van der Waals surface area contributed by atoms with Gasteiger partial charge in [-0.15, -0.1) is 0 Å². The third-order valence-electron chi connectivity index (χ3n) is 3.17. The van der Waals surface area contributed by atoms with E-state index in [9.17, 15) is 9.18 Å². The summed E-state index contributed by atoms with van der Waals surface area (Å²) in [6.07, 6.45) is 2.47. The van der Waals surface area contributed by atoms with Crippen molar-refractivity contribution in [3.05, 3.63) is 29.6 Å². The molecule has 0 heterocycles. The van der Waals surface area contributed by atoms with Gasteiger partial charge in [-0.2, -0.15) is 0 Å². The summed E-state index contributed by atoms with van der Waals surface area (Å²) in [5, 5.41) is 0. The molecule has 0 bridgehead atoms. The lowest BCUT2D eigenvalue weighted by molar-refractivity contribution is -0.120. The van der Waals surface area contributed by atoms with Crippen molar-refractivity contribution in [2.75, 3.05) is 11.4 Å². The third-order valence-corrected chi connectivity index (χ3v) is 3.17. The zero-order chi connectivity index (χ0) is 15.3. The first-order valence-corrected chi connectivity index (χ1v) is 7.31. The number of halogens is 1. The van der Waals surface area contributed by atoms with Crippen LogP contribution in [-0.2, 0) is 4.79 Å². The van der Waals surface area contributed by atoms with E-state index in [1.54, 1.807) is 24.0 Å². The highest BCUT2D eigenvalue weighted by Crippen LogP contribution is 2.24. The van der Waals surface area contributed by atoms with Crippen LogP contribution in [0.2, 0.25) is 0 Å². The number of nitrogens with zero attached hydrogens (tertiary/aromatic N) is 1. The molecule has 0 aliphatic carbocycles. The zero-order valence-electron chi connectivity index (χ0n) is 13.3. The molecule has 0 saturated carbocycles. The van der Waals surface area contributed by atoms with Gasteiger partial charge in [0.15, 0.2) is 0 Å². The molecule has 0 fully saturated rings. The highest BCUT2D eigenvalue weighted by atomic mass is 19.1. The van der Waals surface area contributed by atoms with Crippen LogP contribution in [-0.4, -0.2) is 12.5 Å². The van der Waals surface area contributed by atoms with E-state index in [4.69, 9.17) is 0 Å². The molecule has 0 unspecified atom stereocenters. The van der Waals surface area contributed by atoms with Crippen LogP contribution in [0.5, 0.6) is 0 Å². The second-order valence-corrected chi connectivity index (χ2v) is 6.57. The minimum Gasteiger partial charge on any atom is -0.312 e. The number of amides is 1. The van der Waals surface area contributed by atoms with Gasteiger partial charge in [-0.1, -0.05) is 34.1 Å². The Bertz CT molecular complexity index is 463. The zero-order valence-corrected chi connectivity index (χ0v) is 13.3. The molecule has 0 spiro atoms. The topological polar surface area (TPSA) is 20.3 Å². The Morgan fingerprint density at radius 1 is 1.30 bits per heavy atom. The van der Waals surface area contributed by atoms with Crippen molar-refractivity contribution < 1.29 is 9.18 Å². The van der Waals surface area contributed by atoms with Gasteiger partial charge in [0, 0.05) is 18.7 Å². The summed E-state index contributed by atoms with van der Waals surface area (Å²) >= 11 is 0. The second kappa shape index (κ2) is 6.87. The molecule has 0 radical (unpaired) electrons. The molecular formula is C17H26FNO. The summed E-state index contributed by atoms with van der Waals surface area (Å²) in [4.78, 5) is 14.3. The number of rotatable bonds is 5. The predicted octanol–water partition coefficient (Wildman–Crippen LogP) is 4.70. The monoisotopic (exact) mass is 279 g/mol. The van der Waals surface area contributed by atoms with E-state index in [2.05, 4.69) is 27.7 Å². The highest BCUT2D eigenvalue weighted by Gasteiger charge is 2.22. The maximum Gasteiger partial charge on any atom is 0.227 e. The lowest BCUT2D eigenvalue weighted by Crippen LogP contribution is -2.34. The van der Waals surface area contributed by atoms with Crippen LogP contribution < -0.4 is 4.90 Å². The normalized spacial score (nSPS) is 11.5. The number of carbonyl (C=O) groups excluding carboxylic acids is 1. The molecule has 0 aliphatic heterocycles. The summed E-state index contributed by atoms with van der Waals surface area (Å²) in [7, 11) is 0. The molecule has 0 aromatic heterocycles. The van der Waals surface area contributed by atoms with E-state index in [1.807, 2.05) is 0 Å². The minimum atomic E-state index is -0.229. The smallest absolute Gasteiger partial charge is 0.227 e. The maximum absolute atomic E-state index is 13.4. The summed E-state index contributed by atoms with van der Waals surface area (Å²) in [5.41, 5.74) is 1.33. The van der Waals surface area contributed by atoms with Gasteiger partial charge in [-0.25, -0.2) is 4.39 Å². The first-order valence-electron chi connectivity index (χ1n) is 7.31. The Balaban J connectivity index is 2.98. The van der Waals surface area contributed by atoms with Crippen LogP contribution in [0.3, 0.4) is 0 Å². The van der Waals surface area contributed by atoms with Crippen molar-refractivity contribution in [3.8, 4) is 0 Å². The molecule has 1 amide bonds. The van der Waals surface area contributed by atoms with Gasteiger partial charge in [0.05, 0.1) is 0 Å². The predicted molar refractivity (Wildman–Crippen MR) is 82.5 cm³/mol. The molecular weight excluding hydrogens is 253 g/mol. The molecule has 20 heavy (non-hydrogen) atoms. The number of unbranched alkanes of at least 4 members (excludes halogenated alkanes) is 1. The van der Waals surface area contributed by atoms with E-state index in [-0.39, 0.29) is 17.1 Å². The summed E-state index contributed by atoms with van der Waals surface area (Å²) in [6.45, 7) is 10.7. The number of anilines is 1. The van der Waals surface area contributed by atoms with Crippen LogP contribution in [0.25, 0.3) is 0 Å². The summed E-state index contributed by atoms with van der Waals surface area (Å²) < 4.78 is 13.4. The molecule has 0 saturated heterocycles. The largest absolute Gasteiger partial charge is 0.312 e. The molecule has 3 heteroatoms. The molecule has 1 aromatic carbocycles. The van der Waals surface area contributed by atoms with Crippen LogP contribution in [0.15, 0.2) is 18.2 Å². The summed E-state index contributed by atoms with van der Waals surface area (Å²) in [6, 6.07) is 4.89. The van der Waals surface area contributed by atoms with Gasteiger partial charge in [0.2, 0.25) is 5.91 Å². The Hall–Kier alpha value is -1.38. The van der Waals surface area contributed by atoms with Gasteiger partial charge in [0.25, 0.3) is 0 Å². The van der Waals surface area contributed by atoms with Gasteiger partial charge >= 0.3 is 0 Å². The molecule has 0 aliphatic rings. The van der Waals surface area contributed by atoms with E-state index < -0.39 is 0 Å². The van der Waals surface area contributed by atoms with Crippen LogP contribution in [0, 0.1) is 18.2 Å². The number of carbonyl (C=O) groups is 1.